The van der Waals surface area contributed by atoms with Gasteiger partial charge < -0.3 is 15.7 Å². The van der Waals surface area contributed by atoms with Crippen LogP contribution in [-0.2, 0) is 19.6 Å². The zero-order valence-corrected chi connectivity index (χ0v) is 13.2. The molecule has 23 heavy (non-hydrogen) atoms. The number of nitrogens with zero attached hydrogens (tertiary/aromatic N) is 2. The summed E-state index contributed by atoms with van der Waals surface area (Å²) in [6, 6.07) is 4.60. The number of para-hydroxylation sites is 1. The minimum Gasteiger partial charge on any atom is -0.505 e. The van der Waals surface area contributed by atoms with Crippen molar-refractivity contribution in [1.82, 2.24) is 9.21 Å². The van der Waals surface area contributed by atoms with Gasteiger partial charge in [-0.05, 0) is 12.1 Å². The maximum atomic E-state index is 12.3. The number of carbonyl (C=O) groups excluding carboxylic acids is 3. The Morgan fingerprint density at radius 3 is 2.22 bits per heavy atom. The van der Waals surface area contributed by atoms with Crippen LogP contribution in [0.4, 0.5) is 5.69 Å². The van der Waals surface area contributed by atoms with Crippen molar-refractivity contribution in [3.05, 3.63) is 23.8 Å². The van der Waals surface area contributed by atoms with Crippen LogP contribution in [0.1, 0.15) is 10.4 Å². The predicted molar refractivity (Wildman–Crippen MR) is 79.8 cm³/mol. The molecule has 0 aliphatic carbocycles. The number of benzene rings is 1. The summed E-state index contributed by atoms with van der Waals surface area (Å²) >= 11 is 0. The summed E-state index contributed by atoms with van der Waals surface area (Å²) in [5, 5.41) is 9.80. The number of hydrogen-bond donors (Lipinski definition) is 2. The second-order valence-electron chi connectivity index (χ2n) is 4.78. The first-order valence-corrected chi connectivity index (χ1v) is 8.38. The number of amides is 1. The van der Waals surface area contributed by atoms with Crippen molar-refractivity contribution in [2.24, 2.45) is 0 Å². The van der Waals surface area contributed by atoms with E-state index in [1.165, 1.54) is 21.3 Å². The van der Waals surface area contributed by atoms with Gasteiger partial charge in [0.25, 0.3) is 5.91 Å². The molecule has 1 aliphatic rings. The molecule has 10 heteroatoms. The van der Waals surface area contributed by atoms with Crippen LogP contribution in [0.3, 0.4) is 0 Å². The van der Waals surface area contributed by atoms with Crippen molar-refractivity contribution in [1.29, 1.82) is 0 Å². The molecule has 0 atom stereocenters. The predicted octanol–water partition coefficient (Wildman–Crippen LogP) is -0.892. The molecular weight excluding hydrogens is 326 g/mol. The fourth-order valence-corrected chi connectivity index (χ4v) is 2.95. The van der Waals surface area contributed by atoms with Gasteiger partial charge in [-0.2, -0.15) is 13.9 Å². The monoisotopic (exact) mass is 343 g/mol. The van der Waals surface area contributed by atoms with Gasteiger partial charge in [-0.1, -0.05) is 6.07 Å². The normalized spacial score (nSPS) is 15.3. The lowest BCUT2D eigenvalue weighted by Crippen LogP contribution is -2.50. The first kappa shape index (κ1) is 18.6. The van der Waals surface area contributed by atoms with E-state index in [1.54, 1.807) is 6.07 Å². The van der Waals surface area contributed by atoms with Crippen molar-refractivity contribution in [3.63, 3.8) is 0 Å². The van der Waals surface area contributed by atoms with Gasteiger partial charge >= 0.3 is 6.15 Å². The van der Waals surface area contributed by atoms with Gasteiger partial charge in [0.2, 0.25) is 10.0 Å². The van der Waals surface area contributed by atoms with Crippen LogP contribution in [0, 0.1) is 0 Å². The van der Waals surface area contributed by atoms with Crippen LogP contribution < -0.4 is 5.73 Å². The Labute approximate surface area is 133 Å². The summed E-state index contributed by atoms with van der Waals surface area (Å²) in [6.45, 7) is 1.10. The lowest BCUT2D eigenvalue weighted by molar-refractivity contribution is -0.191. The summed E-state index contributed by atoms with van der Waals surface area (Å²) in [4.78, 5) is 30.0. The summed E-state index contributed by atoms with van der Waals surface area (Å²) in [5.74, 6) is -0.578. The molecule has 126 valence electrons. The topological polar surface area (TPSA) is 138 Å². The van der Waals surface area contributed by atoms with Crippen molar-refractivity contribution in [2.45, 2.75) is 0 Å². The van der Waals surface area contributed by atoms with Crippen LogP contribution in [0.2, 0.25) is 0 Å². The number of anilines is 1. The molecule has 1 amide bonds. The molecule has 1 fully saturated rings. The molecule has 1 aromatic rings. The van der Waals surface area contributed by atoms with Crippen LogP contribution in [0.5, 0.6) is 5.75 Å². The molecule has 1 aromatic carbocycles. The summed E-state index contributed by atoms with van der Waals surface area (Å²) in [6.07, 6.45) is 1.40. The fourth-order valence-electron chi connectivity index (χ4n) is 2.13. The van der Waals surface area contributed by atoms with Gasteiger partial charge in [0, 0.05) is 26.2 Å². The van der Waals surface area contributed by atoms with Crippen LogP contribution in [-0.4, -0.2) is 67.2 Å². The molecule has 1 heterocycles. The Balaban J connectivity index is 0.000000816. The third kappa shape index (κ3) is 4.78. The number of aromatic hydroxyl groups is 1. The minimum atomic E-state index is -3.23. The number of hydrogen-bond acceptors (Lipinski definition) is 7. The second-order valence-corrected chi connectivity index (χ2v) is 6.76. The van der Waals surface area contributed by atoms with Gasteiger partial charge in [-0.3, -0.25) is 4.79 Å². The van der Waals surface area contributed by atoms with Gasteiger partial charge in [-0.25, -0.2) is 8.42 Å². The van der Waals surface area contributed by atoms with Gasteiger partial charge in [-0.15, -0.1) is 0 Å². The highest BCUT2D eigenvalue weighted by atomic mass is 32.2. The maximum Gasteiger partial charge on any atom is 0.373 e. The van der Waals surface area contributed by atoms with Crippen LogP contribution in [0.25, 0.3) is 0 Å². The Morgan fingerprint density at radius 1 is 1.22 bits per heavy atom. The van der Waals surface area contributed by atoms with Crippen LogP contribution >= 0.6 is 0 Å². The number of carbonyl (C=O) groups is 1. The Kier molecular flexibility index (Phi) is 6.26. The summed E-state index contributed by atoms with van der Waals surface area (Å²) < 4.78 is 24.1. The molecule has 3 N–H and O–H groups in total. The molecule has 0 radical (unpaired) electrons. The standard InChI is InChI=1S/C12H17N3O4S.CO2/c1-20(18,19)15-7-5-14(6-8-15)12(17)9-3-2-4-10(13)11(9)16;2-1-3/h2-4,16H,5-8,13H2,1H3;. The number of rotatable bonds is 2. The summed E-state index contributed by atoms with van der Waals surface area (Å²) in [5.41, 5.74) is 5.84. The fraction of sp³-hybridized carbons (Fsp3) is 0.385. The van der Waals surface area contributed by atoms with Gasteiger partial charge in [0.05, 0.1) is 17.5 Å². The second kappa shape index (κ2) is 7.73. The lowest BCUT2D eigenvalue weighted by Gasteiger charge is -2.33. The zero-order chi connectivity index (χ0) is 17.6. The number of phenols is 1. The van der Waals surface area contributed by atoms with E-state index in [2.05, 4.69) is 0 Å². The van der Waals surface area contributed by atoms with E-state index in [0.717, 1.165) is 6.26 Å². The molecule has 1 saturated heterocycles. The SMILES string of the molecule is CS(=O)(=O)N1CCN(C(=O)c2cccc(N)c2O)CC1.O=C=O. The van der Waals surface area contributed by atoms with Crippen molar-refractivity contribution < 1.29 is 27.9 Å². The first-order valence-electron chi connectivity index (χ1n) is 6.53. The summed E-state index contributed by atoms with van der Waals surface area (Å²) in [7, 11) is -3.23. The molecule has 0 bridgehead atoms. The average molecular weight is 343 g/mol. The zero-order valence-electron chi connectivity index (χ0n) is 12.4. The number of phenolic OH excluding ortho intramolecular Hbond substituents is 1. The lowest BCUT2D eigenvalue weighted by atomic mass is 10.1. The number of nitrogen functional groups attached to an aromatic ring is 1. The molecule has 0 aromatic heterocycles. The quantitative estimate of drug-likeness (QED) is 0.524. The molecule has 2 rings (SSSR count). The van der Waals surface area contributed by atoms with Crippen molar-refractivity contribution >= 4 is 27.8 Å². The van der Waals surface area contributed by atoms with Gasteiger partial charge in [0.1, 0.15) is 0 Å². The highest BCUT2D eigenvalue weighted by Gasteiger charge is 2.27. The molecule has 0 unspecified atom stereocenters. The molecular formula is C13H17N3O6S. The van der Waals surface area contributed by atoms with Gasteiger partial charge in [0.15, 0.2) is 5.75 Å². The third-order valence-corrected chi connectivity index (χ3v) is 4.60. The third-order valence-electron chi connectivity index (χ3n) is 3.29. The highest BCUT2D eigenvalue weighted by Crippen LogP contribution is 2.26. The van der Waals surface area contributed by atoms with E-state index in [-0.39, 0.29) is 42.1 Å². The molecule has 0 spiro atoms. The number of nitrogens with two attached hydrogens (primary N) is 1. The smallest absolute Gasteiger partial charge is 0.373 e. The van der Waals surface area contributed by atoms with E-state index in [0.29, 0.717) is 13.1 Å². The van der Waals surface area contributed by atoms with Crippen molar-refractivity contribution in [3.8, 4) is 5.75 Å². The van der Waals surface area contributed by atoms with E-state index >= 15 is 0 Å². The van der Waals surface area contributed by atoms with E-state index < -0.39 is 10.0 Å². The number of piperazine rings is 1. The van der Waals surface area contributed by atoms with E-state index in [1.807, 2.05) is 0 Å². The minimum absolute atomic E-state index is 0.137. The molecule has 9 nitrogen and oxygen atoms in total. The Bertz CT molecular complexity index is 704. The Morgan fingerprint density at radius 2 is 1.74 bits per heavy atom. The first-order chi connectivity index (χ1) is 10.7. The Hall–Kier alpha value is -2.42. The molecule has 0 saturated carbocycles. The van der Waals surface area contributed by atoms with Crippen LogP contribution in [0.15, 0.2) is 18.2 Å². The maximum absolute atomic E-state index is 12.3. The van der Waals surface area contributed by atoms with Crippen molar-refractivity contribution in [2.75, 3.05) is 38.2 Å². The average Bonchev–Trinajstić information content (AvgIpc) is 2.49. The highest BCUT2D eigenvalue weighted by molar-refractivity contribution is 7.88. The molecule has 1 aliphatic heterocycles. The number of sulfonamides is 1. The van der Waals surface area contributed by atoms with E-state index in [4.69, 9.17) is 15.3 Å². The largest absolute Gasteiger partial charge is 0.505 e. The van der Waals surface area contributed by atoms with E-state index in [9.17, 15) is 18.3 Å².